The summed E-state index contributed by atoms with van der Waals surface area (Å²) >= 11 is 5.68. The molecular formula is C13H13ClFN3O. The third-order valence-corrected chi connectivity index (χ3v) is 2.64. The normalized spacial score (nSPS) is 10.5. The van der Waals surface area contributed by atoms with Gasteiger partial charge in [0.2, 0.25) is 5.88 Å². The molecule has 6 heteroatoms. The van der Waals surface area contributed by atoms with Crippen molar-refractivity contribution in [3.8, 4) is 11.6 Å². The summed E-state index contributed by atoms with van der Waals surface area (Å²) in [7, 11) is 0. The fourth-order valence-corrected chi connectivity index (χ4v) is 1.62. The van der Waals surface area contributed by atoms with E-state index < -0.39 is 5.82 Å². The molecule has 2 rings (SSSR count). The molecule has 0 fully saturated rings. The summed E-state index contributed by atoms with van der Waals surface area (Å²) in [6.45, 7) is 3.41. The second-order valence-corrected chi connectivity index (χ2v) is 4.19. The highest BCUT2D eigenvalue weighted by molar-refractivity contribution is 6.30. The van der Waals surface area contributed by atoms with Crippen molar-refractivity contribution in [1.29, 1.82) is 0 Å². The minimum absolute atomic E-state index is 0.00858. The van der Waals surface area contributed by atoms with E-state index in [4.69, 9.17) is 16.3 Å². The molecule has 2 aromatic rings. The van der Waals surface area contributed by atoms with Crippen molar-refractivity contribution in [1.82, 2.24) is 15.3 Å². The van der Waals surface area contributed by atoms with Gasteiger partial charge in [-0.2, -0.15) is 0 Å². The molecule has 0 aliphatic carbocycles. The van der Waals surface area contributed by atoms with Crippen LogP contribution in [0.2, 0.25) is 5.02 Å². The number of hydrogen-bond acceptors (Lipinski definition) is 4. The van der Waals surface area contributed by atoms with E-state index in [1.165, 1.54) is 18.3 Å². The predicted octanol–water partition coefficient (Wildman–Crippen LogP) is 3.17. The minimum atomic E-state index is -0.608. The number of nitrogens with zero attached hydrogens (tertiary/aromatic N) is 2. The standard InChI is InChI=1S/C13H13ClFN3O/c1-2-16-6-9-7-17-8-12(18-9)19-11-5-3-4-10(14)13(11)15/h3-5,7-8,16H,2,6H2,1H3. The molecule has 0 aliphatic heterocycles. The fourth-order valence-electron chi connectivity index (χ4n) is 1.45. The van der Waals surface area contributed by atoms with Crippen molar-refractivity contribution >= 4 is 11.6 Å². The van der Waals surface area contributed by atoms with Crippen LogP contribution in [-0.4, -0.2) is 16.5 Å². The van der Waals surface area contributed by atoms with Crippen molar-refractivity contribution < 1.29 is 9.13 Å². The number of halogens is 2. The van der Waals surface area contributed by atoms with Gasteiger partial charge in [-0.3, -0.25) is 4.98 Å². The summed E-state index contributed by atoms with van der Waals surface area (Å²) in [5.41, 5.74) is 0.724. The molecule has 0 aliphatic rings. The van der Waals surface area contributed by atoms with Crippen molar-refractivity contribution in [3.63, 3.8) is 0 Å². The van der Waals surface area contributed by atoms with Crippen LogP contribution in [0.4, 0.5) is 4.39 Å². The van der Waals surface area contributed by atoms with Crippen LogP contribution in [0.15, 0.2) is 30.6 Å². The Morgan fingerprint density at radius 1 is 1.37 bits per heavy atom. The topological polar surface area (TPSA) is 47.0 Å². The third kappa shape index (κ3) is 3.62. The second kappa shape index (κ2) is 6.45. The molecule has 0 saturated heterocycles. The Bertz CT molecular complexity index is 565. The smallest absolute Gasteiger partial charge is 0.238 e. The maximum Gasteiger partial charge on any atom is 0.238 e. The summed E-state index contributed by atoms with van der Waals surface area (Å²) in [6, 6.07) is 4.55. The predicted molar refractivity (Wildman–Crippen MR) is 70.9 cm³/mol. The van der Waals surface area contributed by atoms with Gasteiger partial charge in [0, 0.05) is 12.7 Å². The van der Waals surface area contributed by atoms with Gasteiger partial charge in [-0.05, 0) is 18.7 Å². The van der Waals surface area contributed by atoms with Crippen molar-refractivity contribution in [2.45, 2.75) is 13.5 Å². The molecule has 0 amide bonds. The van der Waals surface area contributed by atoms with Gasteiger partial charge in [0.05, 0.1) is 16.9 Å². The molecule has 0 bridgehead atoms. The largest absolute Gasteiger partial charge is 0.434 e. The highest BCUT2D eigenvalue weighted by atomic mass is 35.5. The molecular weight excluding hydrogens is 269 g/mol. The van der Waals surface area contributed by atoms with Crippen LogP contribution in [0, 0.1) is 5.82 Å². The average molecular weight is 282 g/mol. The average Bonchev–Trinajstić information content (AvgIpc) is 2.42. The lowest BCUT2D eigenvalue weighted by Gasteiger charge is -2.07. The summed E-state index contributed by atoms with van der Waals surface area (Å²) in [5, 5.41) is 3.13. The number of ether oxygens (including phenoxy) is 1. The molecule has 100 valence electrons. The first-order valence-electron chi connectivity index (χ1n) is 5.84. The summed E-state index contributed by atoms with van der Waals surface area (Å²) in [5.74, 6) is -0.345. The number of hydrogen-bond donors (Lipinski definition) is 1. The maximum absolute atomic E-state index is 13.7. The highest BCUT2D eigenvalue weighted by Gasteiger charge is 2.09. The van der Waals surface area contributed by atoms with Gasteiger partial charge < -0.3 is 10.1 Å². The van der Waals surface area contributed by atoms with Crippen LogP contribution in [0.3, 0.4) is 0 Å². The molecule has 1 aromatic carbocycles. The quantitative estimate of drug-likeness (QED) is 0.914. The van der Waals surface area contributed by atoms with Crippen LogP contribution >= 0.6 is 11.6 Å². The number of rotatable bonds is 5. The van der Waals surface area contributed by atoms with E-state index in [1.54, 1.807) is 12.3 Å². The van der Waals surface area contributed by atoms with Crippen LogP contribution in [0.25, 0.3) is 0 Å². The molecule has 0 radical (unpaired) electrons. The number of aromatic nitrogens is 2. The van der Waals surface area contributed by atoms with E-state index in [0.717, 1.165) is 12.2 Å². The molecule has 0 atom stereocenters. The van der Waals surface area contributed by atoms with Gasteiger partial charge in [-0.1, -0.05) is 24.6 Å². The second-order valence-electron chi connectivity index (χ2n) is 3.78. The lowest BCUT2D eigenvalue weighted by atomic mass is 10.3. The fraction of sp³-hybridized carbons (Fsp3) is 0.231. The van der Waals surface area contributed by atoms with Gasteiger partial charge in [0.15, 0.2) is 11.6 Å². The zero-order valence-corrected chi connectivity index (χ0v) is 11.1. The SMILES string of the molecule is CCNCc1cncc(Oc2cccc(Cl)c2F)n1. The monoisotopic (exact) mass is 281 g/mol. The zero-order valence-electron chi connectivity index (χ0n) is 10.4. The Labute approximate surface area is 115 Å². The Hall–Kier alpha value is -1.72. The van der Waals surface area contributed by atoms with Crippen LogP contribution in [0.5, 0.6) is 11.6 Å². The molecule has 4 nitrogen and oxygen atoms in total. The van der Waals surface area contributed by atoms with Crippen LogP contribution in [0.1, 0.15) is 12.6 Å². The molecule has 19 heavy (non-hydrogen) atoms. The van der Waals surface area contributed by atoms with E-state index in [9.17, 15) is 4.39 Å². The van der Waals surface area contributed by atoms with Crippen molar-refractivity contribution in [3.05, 3.63) is 47.1 Å². The lowest BCUT2D eigenvalue weighted by molar-refractivity contribution is 0.423. The Morgan fingerprint density at radius 2 is 2.21 bits per heavy atom. The Kier molecular flexibility index (Phi) is 4.65. The van der Waals surface area contributed by atoms with Crippen molar-refractivity contribution in [2.24, 2.45) is 0 Å². The van der Waals surface area contributed by atoms with Crippen LogP contribution < -0.4 is 10.1 Å². The van der Waals surface area contributed by atoms with Crippen LogP contribution in [-0.2, 0) is 6.54 Å². The van der Waals surface area contributed by atoms with E-state index in [1.807, 2.05) is 6.92 Å². The Balaban J connectivity index is 2.16. The molecule has 0 unspecified atom stereocenters. The first-order valence-corrected chi connectivity index (χ1v) is 6.22. The summed E-state index contributed by atoms with van der Waals surface area (Å²) in [4.78, 5) is 8.22. The lowest BCUT2D eigenvalue weighted by Crippen LogP contribution is -2.13. The maximum atomic E-state index is 13.7. The first-order chi connectivity index (χ1) is 9.20. The Morgan fingerprint density at radius 3 is 3.00 bits per heavy atom. The van der Waals surface area contributed by atoms with E-state index >= 15 is 0 Å². The van der Waals surface area contributed by atoms with Crippen molar-refractivity contribution in [2.75, 3.05) is 6.54 Å². The van der Waals surface area contributed by atoms with E-state index in [-0.39, 0.29) is 16.7 Å². The molecule has 1 heterocycles. The number of nitrogens with one attached hydrogen (secondary N) is 1. The van der Waals surface area contributed by atoms with Gasteiger partial charge >= 0.3 is 0 Å². The summed E-state index contributed by atoms with van der Waals surface area (Å²) < 4.78 is 19.0. The first kappa shape index (κ1) is 13.7. The van der Waals surface area contributed by atoms with E-state index in [2.05, 4.69) is 15.3 Å². The highest BCUT2D eigenvalue weighted by Crippen LogP contribution is 2.27. The third-order valence-electron chi connectivity index (χ3n) is 2.35. The zero-order chi connectivity index (χ0) is 13.7. The number of benzene rings is 1. The van der Waals surface area contributed by atoms with Gasteiger partial charge in [0.1, 0.15) is 0 Å². The molecule has 0 saturated carbocycles. The molecule has 0 spiro atoms. The molecule has 1 aromatic heterocycles. The van der Waals surface area contributed by atoms with Gasteiger partial charge in [0.25, 0.3) is 0 Å². The minimum Gasteiger partial charge on any atom is -0.434 e. The van der Waals surface area contributed by atoms with E-state index in [0.29, 0.717) is 6.54 Å². The van der Waals surface area contributed by atoms with Gasteiger partial charge in [-0.15, -0.1) is 0 Å². The van der Waals surface area contributed by atoms with Gasteiger partial charge in [-0.25, -0.2) is 9.37 Å². The summed E-state index contributed by atoms with van der Waals surface area (Å²) in [6.07, 6.45) is 3.06. The molecule has 1 N–H and O–H groups in total.